The van der Waals surface area contributed by atoms with Gasteiger partial charge in [0.25, 0.3) is 0 Å². The maximum Gasteiger partial charge on any atom is 0.0446 e. The van der Waals surface area contributed by atoms with E-state index in [9.17, 15) is 5.11 Å². The van der Waals surface area contributed by atoms with Crippen LogP contribution in [0.5, 0.6) is 0 Å². The molecule has 1 aliphatic heterocycles. The van der Waals surface area contributed by atoms with E-state index in [0.717, 1.165) is 26.1 Å². The van der Waals surface area contributed by atoms with Crippen LogP contribution in [0.15, 0.2) is 24.3 Å². The topological polar surface area (TPSA) is 35.5 Å². The van der Waals surface area contributed by atoms with Gasteiger partial charge in [-0.25, -0.2) is 0 Å². The van der Waals surface area contributed by atoms with Crippen LogP contribution < -0.4 is 5.32 Å². The Bertz CT molecular complexity index is 377. The summed E-state index contributed by atoms with van der Waals surface area (Å²) in [4.78, 5) is 2.54. The normalized spacial score (nSPS) is 25.2. The number of aliphatic hydroxyl groups is 1. The summed E-state index contributed by atoms with van der Waals surface area (Å²) in [6.45, 7) is 7.73. The highest BCUT2D eigenvalue weighted by atomic mass is 16.3. The lowest BCUT2D eigenvalue weighted by Gasteiger charge is -2.34. The highest BCUT2D eigenvalue weighted by Gasteiger charge is 2.25. The van der Waals surface area contributed by atoms with Gasteiger partial charge in [0.05, 0.1) is 0 Å². The molecule has 2 atom stereocenters. The molecule has 0 amide bonds. The largest absolute Gasteiger partial charge is 0.396 e. The molecule has 2 unspecified atom stereocenters. The third kappa shape index (κ3) is 4.03. The quantitative estimate of drug-likeness (QED) is 0.870. The second-order valence-corrected chi connectivity index (χ2v) is 5.67. The first-order valence-corrected chi connectivity index (χ1v) is 7.33. The molecule has 0 aromatic heterocycles. The van der Waals surface area contributed by atoms with Crippen LogP contribution in [-0.2, 0) is 6.54 Å². The van der Waals surface area contributed by atoms with Crippen molar-refractivity contribution in [3.8, 4) is 0 Å². The van der Waals surface area contributed by atoms with Crippen LogP contribution in [0.2, 0.25) is 0 Å². The number of nitrogens with one attached hydrogen (secondary N) is 1. The first-order chi connectivity index (χ1) is 9.20. The lowest BCUT2D eigenvalue weighted by Crippen LogP contribution is -2.43. The van der Waals surface area contributed by atoms with Gasteiger partial charge in [-0.1, -0.05) is 29.8 Å². The molecule has 1 fully saturated rings. The molecule has 0 aliphatic carbocycles. The highest BCUT2D eigenvalue weighted by Crippen LogP contribution is 2.18. The summed E-state index contributed by atoms with van der Waals surface area (Å²) in [5.41, 5.74) is 2.67. The van der Waals surface area contributed by atoms with Gasteiger partial charge in [-0.3, -0.25) is 4.90 Å². The van der Waals surface area contributed by atoms with Gasteiger partial charge in [-0.05, 0) is 38.8 Å². The summed E-state index contributed by atoms with van der Waals surface area (Å²) < 4.78 is 0. The van der Waals surface area contributed by atoms with E-state index in [1.165, 1.54) is 17.5 Å². The molecule has 0 radical (unpaired) electrons. The van der Waals surface area contributed by atoms with E-state index in [2.05, 4.69) is 48.3 Å². The number of nitrogens with zero attached hydrogens (tertiary/aromatic N) is 1. The minimum atomic E-state index is 0.267. The van der Waals surface area contributed by atoms with Crippen LogP contribution in [0, 0.1) is 6.92 Å². The molecule has 19 heavy (non-hydrogen) atoms. The Morgan fingerprint density at radius 2 is 2.05 bits per heavy atom. The Labute approximate surface area is 116 Å². The number of benzene rings is 1. The van der Waals surface area contributed by atoms with E-state index in [0.29, 0.717) is 12.1 Å². The summed E-state index contributed by atoms with van der Waals surface area (Å²) in [7, 11) is 0. The predicted molar refractivity (Wildman–Crippen MR) is 79.2 cm³/mol. The number of hydrogen-bond acceptors (Lipinski definition) is 3. The van der Waals surface area contributed by atoms with Crippen molar-refractivity contribution in [2.45, 2.75) is 45.3 Å². The first kappa shape index (κ1) is 14.5. The molecule has 1 aromatic carbocycles. The molecular formula is C16H26N2O. The van der Waals surface area contributed by atoms with Crippen molar-refractivity contribution in [2.75, 3.05) is 19.7 Å². The summed E-state index contributed by atoms with van der Waals surface area (Å²) in [6, 6.07) is 9.79. The highest BCUT2D eigenvalue weighted by molar-refractivity contribution is 5.21. The summed E-state index contributed by atoms with van der Waals surface area (Å²) in [5.74, 6) is 0. The van der Waals surface area contributed by atoms with Gasteiger partial charge in [-0.2, -0.15) is 0 Å². The maximum absolute atomic E-state index is 9.26. The molecule has 3 nitrogen and oxygen atoms in total. The summed E-state index contributed by atoms with van der Waals surface area (Å²) in [6.07, 6.45) is 2.02. The average molecular weight is 262 g/mol. The van der Waals surface area contributed by atoms with Gasteiger partial charge < -0.3 is 10.4 Å². The minimum Gasteiger partial charge on any atom is -0.396 e. The minimum absolute atomic E-state index is 0.267. The molecule has 2 N–H and O–H groups in total. The van der Waals surface area contributed by atoms with Crippen molar-refractivity contribution in [1.29, 1.82) is 0 Å². The first-order valence-electron chi connectivity index (χ1n) is 7.33. The SMILES string of the molecule is Cc1ccc(CN2C(C)CCNCC2CCO)cc1. The molecule has 0 spiro atoms. The van der Waals surface area contributed by atoms with Gasteiger partial charge in [0.1, 0.15) is 0 Å². The van der Waals surface area contributed by atoms with Crippen molar-refractivity contribution < 1.29 is 5.11 Å². The van der Waals surface area contributed by atoms with E-state index < -0.39 is 0 Å². The Morgan fingerprint density at radius 3 is 2.74 bits per heavy atom. The van der Waals surface area contributed by atoms with Crippen LogP contribution in [0.3, 0.4) is 0 Å². The van der Waals surface area contributed by atoms with Crippen molar-refractivity contribution in [1.82, 2.24) is 10.2 Å². The molecule has 0 bridgehead atoms. The summed E-state index contributed by atoms with van der Waals surface area (Å²) >= 11 is 0. The summed E-state index contributed by atoms with van der Waals surface area (Å²) in [5, 5.41) is 12.7. The van der Waals surface area contributed by atoms with Gasteiger partial charge in [0.2, 0.25) is 0 Å². The number of aliphatic hydroxyl groups excluding tert-OH is 1. The second-order valence-electron chi connectivity index (χ2n) is 5.67. The molecule has 1 aliphatic rings. The number of aryl methyl sites for hydroxylation is 1. The van der Waals surface area contributed by atoms with Crippen molar-refractivity contribution in [2.24, 2.45) is 0 Å². The Kier molecular flexibility index (Phi) is 5.37. The van der Waals surface area contributed by atoms with Crippen LogP contribution >= 0.6 is 0 Å². The number of hydrogen-bond donors (Lipinski definition) is 2. The molecule has 2 rings (SSSR count). The third-order valence-corrected chi connectivity index (χ3v) is 4.10. The van der Waals surface area contributed by atoms with Crippen molar-refractivity contribution in [3.05, 3.63) is 35.4 Å². The van der Waals surface area contributed by atoms with Crippen LogP contribution in [0.25, 0.3) is 0 Å². The van der Waals surface area contributed by atoms with Crippen molar-refractivity contribution >= 4 is 0 Å². The van der Waals surface area contributed by atoms with E-state index >= 15 is 0 Å². The molecule has 1 aromatic rings. The fraction of sp³-hybridized carbons (Fsp3) is 0.625. The fourth-order valence-corrected chi connectivity index (χ4v) is 2.83. The smallest absolute Gasteiger partial charge is 0.0446 e. The zero-order chi connectivity index (χ0) is 13.7. The Hall–Kier alpha value is -0.900. The third-order valence-electron chi connectivity index (χ3n) is 4.10. The van der Waals surface area contributed by atoms with Gasteiger partial charge in [0, 0.05) is 31.8 Å². The lowest BCUT2D eigenvalue weighted by atomic mass is 10.1. The van der Waals surface area contributed by atoms with E-state index in [1.54, 1.807) is 0 Å². The second kappa shape index (κ2) is 7.04. The van der Waals surface area contributed by atoms with Crippen LogP contribution in [0.4, 0.5) is 0 Å². The molecule has 106 valence electrons. The average Bonchev–Trinajstić information content (AvgIpc) is 2.57. The van der Waals surface area contributed by atoms with Crippen molar-refractivity contribution in [3.63, 3.8) is 0 Å². The lowest BCUT2D eigenvalue weighted by molar-refractivity contribution is 0.118. The molecular weight excluding hydrogens is 236 g/mol. The maximum atomic E-state index is 9.26. The van der Waals surface area contributed by atoms with Crippen LogP contribution in [0.1, 0.15) is 30.9 Å². The van der Waals surface area contributed by atoms with Gasteiger partial charge in [0.15, 0.2) is 0 Å². The van der Waals surface area contributed by atoms with E-state index in [-0.39, 0.29) is 6.61 Å². The van der Waals surface area contributed by atoms with E-state index in [1.807, 2.05) is 0 Å². The molecule has 0 saturated carbocycles. The zero-order valence-corrected chi connectivity index (χ0v) is 12.1. The molecule has 3 heteroatoms. The fourth-order valence-electron chi connectivity index (χ4n) is 2.83. The van der Waals surface area contributed by atoms with Gasteiger partial charge >= 0.3 is 0 Å². The van der Waals surface area contributed by atoms with Gasteiger partial charge in [-0.15, -0.1) is 0 Å². The molecule has 1 heterocycles. The van der Waals surface area contributed by atoms with Crippen LogP contribution in [-0.4, -0.2) is 41.8 Å². The predicted octanol–water partition coefficient (Wildman–Crippen LogP) is 1.93. The Morgan fingerprint density at radius 1 is 1.32 bits per heavy atom. The van der Waals surface area contributed by atoms with E-state index in [4.69, 9.17) is 0 Å². The number of rotatable bonds is 4. The monoisotopic (exact) mass is 262 g/mol. The standard InChI is InChI=1S/C16H26N2O/c1-13-3-5-15(6-4-13)12-18-14(2)7-9-17-11-16(18)8-10-19/h3-6,14,16-17,19H,7-12H2,1-2H3. The Balaban J connectivity index is 2.09. The zero-order valence-electron chi connectivity index (χ0n) is 12.1. The molecule has 1 saturated heterocycles.